The van der Waals surface area contributed by atoms with Gasteiger partial charge in [-0.15, -0.1) is 0 Å². The Morgan fingerprint density at radius 1 is 0.865 bits per heavy atom. The first-order chi connectivity index (χ1) is 17.7. The number of amides is 1. The summed E-state index contributed by atoms with van der Waals surface area (Å²) >= 11 is 0. The van der Waals surface area contributed by atoms with Crippen LogP contribution in [-0.2, 0) is 16.4 Å². The summed E-state index contributed by atoms with van der Waals surface area (Å²) in [5, 5.41) is 6.16. The normalized spacial score (nSPS) is 12.1. The van der Waals surface area contributed by atoms with Crippen LogP contribution < -0.4 is 11.1 Å². The topological polar surface area (TPSA) is 115 Å². The van der Waals surface area contributed by atoms with Crippen LogP contribution in [0.3, 0.4) is 0 Å². The molecule has 0 spiro atoms. The summed E-state index contributed by atoms with van der Waals surface area (Å²) in [7, 11) is -3.68. The maximum absolute atomic E-state index is 13.2. The minimum Gasteiger partial charge on any atom is -0.455 e. The van der Waals surface area contributed by atoms with E-state index in [1.165, 1.54) is 0 Å². The number of nitrogens with two attached hydrogens (primary N) is 1. The molecule has 0 aliphatic carbocycles. The zero-order valence-corrected chi connectivity index (χ0v) is 21.0. The molecule has 0 atom stereocenters. The molecule has 8 heteroatoms. The lowest BCUT2D eigenvalue weighted by atomic mass is 10.0. The van der Waals surface area contributed by atoms with Crippen molar-refractivity contribution in [3.63, 3.8) is 0 Å². The molecule has 7 nitrogen and oxygen atoms in total. The van der Waals surface area contributed by atoms with E-state index in [9.17, 15) is 13.2 Å². The van der Waals surface area contributed by atoms with Gasteiger partial charge in [-0.2, -0.15) is 0 Å². The first kappa shape index (κ1) is 23.0. The van der Waals surface area contributed by atoms with Gasteiger partial charge in [0.05, 0.1) is 9.79 Å². The summed E-state index contributed by atoms with van der Waals surface area (Å²) in [6, 6.07) is 20.6. The molecule has 0 saturated carbocycles. The SMILES string of the molecule is Cc1cc(N)nc(C)c1CNC(=O)c1ccc2c(c1)c1oc2c2ccc(S(=O)(=O)c3ccccc3)cc21. The summed E-state index contributed by atoms with van der Waals surface area (Å²) < 4.78 is 32.4. The number of fused-ring (bicyclic) bond motifs is 8. The van der Waals surface area contributed by atoms with E-state index in [0.717, 1.165) is 33.0 Å². The predicted molar refractivity (Wildman–Crippen MR) is 144 cm³/mol. The number of aryl methyl sites for hydroxylation is 2. The molecule has 0 aliphatic heterocycles. The van der Waals surface area contributed by atoms with Gasteiger partial charge in [-0.05, 0) is 79.6 Å². The zero-order valence-electron chi connectivity index (χ0n) is 20.2. The van der Waals surface area contributed by atoms with Crippen molar-refractivity contribution >= 4 is 54.3 Å². The van der Waals surface area contributed by atoms with E-state index in [0.29, 0.717) is 34.5 Å². The number of hydrogen-bond acceptors (Lipinski definition) is 6. The predicted octanol–water partition coefficient (Wildman–Crippen LogP) is 5.53. The fraction of sp³-hybridized carbons (Fsp3) is 0.103. The van der Waals surface area contributed by atoms with E-state index >= 15 is 0 Å². The highest BCUT2D eigenvalue weighted by Gasteiger charge is 2.23. The van der Waals surface area contributed by atoms with Crippen molar-refractivity contribution in [3.8, 4) is 0 Å². The van der Waals surface area contributed by atoms with Crippen molar-refractivity contribution in [2.75, 3.05) is 5.73 Å². The number of rotatable bonds is 5. The van der Waals surface area contributed by atoms with E-state index in [4.69, 9.17) is 10.2 Å². The third kappa shape index (κ3) is 3.68. The average molecular weight is 510 g/mol. The maximum atomic E-state index is 13.2. The molecule has 0 aliphatic rings. The van der Waals surface area contributed by atoms with Gasteiger partial charge in [0.1, 0.15) is 17.0 Å². The second-order valence-electron chi connectivity index (χ2n) is 9.16. The van der Waals surface area contributed by atoms with Gasteiger partial charge in [0.25, 0.3) is 5.91 Å². The van der Waals surface area contributed by atoms with Crippen LogP contribution in [0.15, 0.2) is 87.0 Å². The summed E-state index contributed by atoms with van der Waals surface area (Å²) in [5.41, 5.74) is 10.2. The molecule has 3 N–H and O–H groups in total. The number of benzene rings is 4. The number of furan rings is 2. The number of carbonyl (C=O) groups excluding carboxylic acids is 1. The number of carbonyl (C=O) groups is 1. The smallest absolute Gasteiger partial charge is 0.251 e. The molecule has 0 saturated heterocycles. The molecule has 3 aromatic carbocycles. The Kier molecular flexibility index (Phi) is 5.17. The van der Waals surface area contributed by atoms with Crippen molar-refractivity contribution in [2.45, 2.75) is 30.2 Å². The highest BCUT2D eigenvalue weighted by molar-refractivity contribution is 7.91. The first-order valence-electron chi connectivity index (χ1n) is 11.8. The lowest BCUT2D eigenvalue weighted by Crippen LogP contribution is -2.24. The fourth-order valence-electron chi connectivity index (χ4n) is 4.92. The Balaban J connectivity index is 1.36. The van der Waals surface area contributed by atoms with Crippen LogP contribution in [0.4, 0.5) is 5.82 Å². The largest absolute Gasteiger partial charge is 0.455 e. The second kappa shape index (κ2) is 8.31. The third-order valence-electron chi connectivity index (χ3n) is 6.82. The molecule has 1 amide bonds. The molecular weight excluding hydrogens is 486 g/mol. The minimum atomic E-state index is -3.68. The van der Waals surface area contributed by atoms with Crippen molar-refractivity contribution in [1.29, 1.82) is 0 Å². The summed E-state index contributed by atoms with van der Waals surface area (Å²) in [4.78, 5) is 17.7. The van der Waals surface area contributed by atoms with E-state index in [1.54, 1.807) is 66.7 Å². The van der Waals surface area contributed by atoms with E-state index in [1.807, 2.05) is 19.9 Å². The molecule has 0 fully saturated rings. The third-order valence-corrected chi connectivity index (χ3v) is 8.59. The van der Waals surface area contributed by atoms with Gasteiger partial charge in [-0.25, -0.2) is 13.4 Å². The lowest BCUT2D eigenvalue weighted by molar-refractivity contribution is 0.0951. The average Bonchev–Trinajstić information content (AvgIpc) is 3.45. The molecule has 2 bridgehead atoms. The highest BCUT2D eigenvalue weighted by Crippen LogP contribution is 2.42. The van der Waals surface area contributed by atoms with Crippen LogP contribution >= 0.6 is 0 Å². The van der Waals surface area contributed by atoms with Gasteiger partial charge < -0.3 is 15.5 Å². The van der Waals surface area contributed by atoms with Crippen LogP contribution in [-0.4, -0.2) is 19.3 Å². The van der Waals surface area contributed by atoms with Gasteiger partial charge in [0, 0.05) is 39.3 Å². The van der Waals surface area contributed by atoms with E-state index < -0.39 is 9.84 Å². The molecule has 6 aromatic rings. The second-order valence-corrected chi connectivity index (χ2v) is 11.1. The Morgan fingerprint density at radius 2 is 1.54 bits per heavy atom. The minimum absolute atomic E-state index is 0.194. The number of aromatic nitrogens is 1. The molecule has 3 heterocycles. The van der Waals surface area contributed by atoms with Crippen molar-refractivity contribution < 1.29 is 17.6 Å². The van der Waals surface area contributed by atoms with Gasteiger partial charge in [0.2, 0.25) is 9.84 Å². The first-order valence-corrected chi connectivity index (χ1v) is 13.2. The maximum Gasteiger partial charge on any atom is 0.251 e. The lowest BCUT2D eigenvalue weighted by Gasteiger charge is -2.11. The Hall–Kier alpha value is -4.43. The number of hydrogen-bond donors (Lipinski definition) is 2. The van der Waals surface area contributed by atoms with Crippen LogP contribution in [0.25, 0.3) is 32.7 Å². The summed E-state index contributed by atoms with van der Waals surface area (Å²) in [5.74, 6) is 0.223. The number of nitrogen functional groups attached to an aromatic ring is 1. The molecule has 0 unspecified atom stereocenters. The van der Waals surface area contributed by atoms with Crippen molar-refractivity contribution in [2.24, 2.45) is 0 Å². The molecule has 0 radical (unpaired) electrons. The number of nitrogens with one attached hydrogen (secondary N) is 1. The number of pyridine rings is 1. The van der Waals surface area contributed by atoms with Crippen LogP contribution in [0.5, 0.6) is 0 Å². The van der Waals surface area contributed by atoms with E-state index in [-0.39, 0.29) is 15.7 Å². The highest BCUT2D eigenvalue weighted by atomic mass is 32.2. The Bertz CT molecular complexity index is 1920. The number of nitrogens with zero attached hydrogens (tertiary/aromatic N) is 1. The monoisotopic (exact) mass is 509 g/mol. The van der Waals surface area contributed by atoms with Gasteiger partial charge in [0.15, 0.2) is 0 Å². The van der Waals surface area contributed by atoms with Crippen molar-refractivity contribution in [1.82, 2.24) is 10.3 Å². The van der Waals surface area contributed by atoms with Gasteiger partial charge in [-0.1, -0.05) is 18.2 Å². The summed E-state index contributed by atoms with van der Waals surface area (Å²) in [6.45, 7) is 4.13. The number of anilines is 1. The summed E-state index contributed by atoms with van der Waals surface area (Å²) in [6.07, 6.45) is 0. The Morgan fingerprint density at radius 3 is 2.27 bits per heavy atom. The van der Waals surface area contributed by atoms with Crippen LogP contribution in [0.2, 0.25) is 0 Å². The van der Waals surface area contributed by atoms with E-state index in [2.05, 4.69) is 10.3 Å². The fourth-order valence-corrected chi connectivity index (χ4v) is 6.23. The standard InChI is InChI=1S/C29H23N3O4S/c1-16-12-26(30)32-17(2)25(16)15-31-29(33)18-8-10-21-23(13-18)28-24-14-20(9-11-22(24)27(21)36-28)37(34,35)19-6-4-3-5-7-19/h3-14H,15H2,1-2H3,(H2,30,32)(H,31,33). The van der Waals surface area contributed by atoms with Gasteiger partial charge >= 0.3 is 0 Å². The molecule has 37 heavy (non-hydrogen) atoms. The Labute approximate surface area is 213 Å². The quantitative estimate of drug-likeness (QED) is 0.295. The molecule has 3 aromatic heterocycles. The molecular formula is C29H23N3O4S. The molecule has 6 rings (SSSR count). The van der Waals surface area contributed by atoms with Gasteiger partial charge in [-0.3, -0.25) is 4.79 Å². The van der Waals surface area contributed by atoms with Crippen LogP contribution in [0, 0.1) is 13.8 Å². The van der Waals surface area contributed by atoms with Crippen LogP contribution in [0.1, 0.15) is 27.2 Å². The number of sulfone groups is 1. The van der Waals surface area contributed by atoms with Crippen molar-refractivity contribution in [3.05, 3.63) is 95.2 Å². The zero-order chi connectivity index (χ0) is 25.9. The molecule has 184 valence electrons.